The molecule has 2 rings (SSSR count). The van der Waals surface area contributed by atoms with Crippen LogP contribution in [0.4, 0.5) is 5.13 Å². The van der Waals surface area contributed by atoms with Crippen LogP contribution in [0.1, 0.15) is 72.3 Å². The van der Waals surface area contributed by atoms with Crippen LogP contribution >= 0.6 is 11.3 Å². The van der Waals surface area contributed by atoms with Gasteiger partial charge in [-0.25, -0.2) is 0 Å². The lowest BCUT2D eigenvalue weighted by Gasteiger charge is -1.99. The van der Waals surface area contributed by atoms with Gasteiger partial charge in [-0.3, -0.25) is 10.1 Å². The van der Waals surface area contributed by atoms with Gasteiger partial charge in [0.2, 0.25) is 5.13 Å². The molecule has 0 bridgehead atoms. The second-order valence-corrected chi connectivity index (χ2v) is 6.73. The van der Waals surface area contributed by atoms with Crippen molar-refractivity contribution in [2.75, 3.05) is 5.32 Å². The summed E-state index contributed by atoms with van der Waals surface area (Å²) in [6.45, 7) is 5.69. The molecule has 0 aliphatic rings. The molecule has 2 heterocycles. The predicted octanol–water partition coefficient (Wildman–Crippen LogP) is 4.30. The first-order valence-electron chi connectivity index (χ1n) is 8.18. The average Bonchev–Trinajstić information content (AvgIpc) is 3.09. The molecule has 126 valence electrons. The quantitative estimate of drug-likeness (QED) is 0.691. The van der Waals surface area contributed by atoms with Gasteiger partial charge < -0.3 is 4.52 Å². The molecule has 23 heavy (non-hydrogen) atoms. The summed E-state index contributed by atoms with van der Waals surface area (Å²) < 4.78 is 5.01. The number of amides is 1. The van der Waals surface area contributed by atoms with Crippen LogP contribution in [0.3, 0.4) is 0 Å². The SMILES string of the molecule is CCCCCCCCc1nnc(NC(=O)c2c(C)noc2C)s1. The molecular formula is C16H24N4O2S. The van der Waals surface area contributed by atoms with Crippen molar-refractivity contribution in [3.63, 3.8) is 0 Å². The Labute approximate surface area is 140 Å². The van der Waals surface area contributed by atoms with Crippen LogP contribution in [-0.4, -0.2) is 21.3 Å². The topological polar surface area (TPSA) is 80.9 Å². The van der Waals surface area contributed by atoms with Gasteiger partial charge in [-0.2, -0.15) is 0 Å². The standard InChI is InChI=1S/C16H24N4O2S/c1-4-5-6-7-8-9-10-13-18-19-16(23-13)17-15(21)14-11(2)20-22-12(14)3/h4-10H2,1-3H3,(H,17,19,21). The van der Waals surface area contributed by atoms with E-state index in [1.165, 1.54) is 43.4 Å². The van der Waals surface area contributed by atoms with Crippen molar-refractivity contribution in [2.45, 2.75) is 65.7 Å². The van der Waals surface area contributed by atoms with Crippen molar-refractivity contribution < 1.29 is 9.32 Å². The zero-order valence-corrected chi connectivity index (χ0v) is 14.8. The maximum atomic E-state index is 12.2. The highest BCUT2D eigenvalue weighted by Gasteiger charge is 2.18. The summed E-state index contributed by atoms with van der Waals surface area (Å²) in [5.74, 6) is 0.264. The second-order valence-electron chi connectivity index (χ2n) is 5.67. The lowest BCUT2D eigenvalue weighted by molar-refractivity contribution is 0.102. The van der Waals surface area contributed by atoms with E-state index in [4.69, 9.17) is 4.52 Å². The molecule has 7 heteroatoms. The third-order valence-electron chi connectivity index (χ3n) is 3.69. The number of carbonyl (C=O) groups excluding carboxylic acids is 1. The van der Waals surface area contributed by atoms with Crippen LogP contribution in [0.25, 0.3) is 0 Å². The Bertz CT molecular complexity index is 616. The number of nitrogens with one attached hydrogen (secondary N) is 1. The minimum atomic E-state index is -0.247. The molecule has 0 atom stereocenters. The summed E-state index contributed by atoms with van der Waals surface area (Å²) in [5, 5.41) is 16.2. The van der Waals surface area contributed by atoms with Crippen molar-refractivity contribution in [1.29, 1.82) is 0 Å². The molecule has 0 saturated heterocycles. The molecule has 0 spiro atoms. The van der Waals surface area contributed by atoms with Gasteiger partial charge in [0.25, 0.3) is 5.91 Å². The molecule has 0 aromatic carbocycles. The fourth-order valence-corrected chi connectivity index (χ4v) is 3.21. The molecule has 0 fully saturated rings. The van der Waals surface area contributed by atoms with E-state index < -0.39 is 0 Å². The van der Waals surface area contributed by atoms with Crippen LogP contribution in [0.2, 0.25) is 0 Å². The van der Waals surface area contributed by atoms with Crippen LogP contribution in [0.15, 0.2) is 4.52 Å². The third kappa shape index (κ3) is 5.13. The largest absolute Gasteiger partial charge is 0.361 e. The van der Waals surface area contributed by atoms with Gasteiger partial charge in [0.05, 0.1) is 5.69 Å². The number of unbranched alkanes of at least 4 members (excludes halogenated alkanes) is 5. The number of anilines is 1. The Balaban J connectivity index is 1.79. The van der Waals surface area contributed by atoms with E-state index in [0.717, 1.165) is 17.8 Å². The first-order valence-corrected chi connectivity index (χ1v) is 9.00. The van der Waals surface area contributed by atoms with Crippen molar-refractivity contribution in [3.8, 4) is 0 Å². The minimum Gasteiger partial charge on any atom is -0.361 e. The molecule has 0 unspecified atom stereocenters. The third-order valence-corrected chi connectivity index (χ3v) is 4.59. The Kier molecular flexibility index (Phi) is 6.70. The van der Waals surface area contributed by atoms with Crippen LogP contribution in [0, 0.1) is 13.8 Å². The normalized spacial score (nSPS) is 10.9. The Morgan fingerprint density at radius 2 is 1.87 bits per heavy atom. The molecule has 0 aliphatic heterocycles. The highest BCUT2D eigenvalue weighted by Crippen LogP contribution is 2.20. The molecule has 2 aromatic rings. The number of hydrogen-bond donors (Lipinski definition) is 1. The van der Waals surface area contributed by atoms with Crippen LogP contribution in [-0.2, 0) is 6.42 Å². The van der Waals surface area contributed by atoms with Crippen LogP contribution in [0.5, 0.6) is 0 Å². The first-order chi connectivity index (χ1) is 11.1. The molecular weight excluding hydrogens is 312 g/mol. The number of aryl methyl sites for hydroxylation is 3. The summed E-state index contributed by atoms with van der Waals surface area (Å²) in [7, 11) is 0. The smallest absolute Gasteiger partial charge is 0.263 e. The second kappa shape index (κ2) is 8.76. The number of rotatable bonds is 9. The van der Waals surface area contributed by atoms with Gasteiger partial charge in [-0.15, -0.1) is 10.2 Å². The van der Waals surface area contributed by atoms with Crippen molar-refractivity contribution in [1.82, 2.24) is 15.4 Å². The zero-order chi connectivity index (χ0) is 16.7. The van der Waals surface area contributed by atoms with Gasteiger partial charge in [0.15, 0.2) is 0 Å². The first kappa shape index (κ1) is 17.6. The highest BCUT2D eigenvalue weighted by atomic mass is 32.1. The van der Waals surface area contributed by atoms with E-state index in [0.29, 0.717) is 22.1 Å². The van der Waals surface area contributed by atoms with Crippen molar-refractivity contribution in [3.05, 3.63) is 22.0 Å². The van der Waals surface area contributed by atoms with Gasteiger partial charge in [0, 0.05) is 6.42 Å². The molecule has 0 saturated carbocycles. The summed E-state index contributed by atoms with van der Waals surface area (Å²) in [5.41, 5.74) is 1.05. The highest BCUT2D eigenvalue weighted by molar-refractivity contribution is 7.15. The molecule has 2 aromatic heterocycles. The summed E-state index contributed by atoms with van der Waals surface area (Å²) >= 11 is 1.43. The van der Waals surface area contributed by atoms with E-state index in [1.54, 1.807) is 13.8 Å². The maximum Gasteiger partial charge on any atom is 0.263 e. The Morgan fingerprint density at radius 1 is 1.13 bits per heavy atom. The van der Waals surface area contributed by atoms with E-state index in [1.807, 2.05) is 0 Å². The Morgan fingerprint density at radius 3 is 2.57 bits per heavy atom. The molecule has 0 aliphatic carbocycles. The van der Waals surface area contributed by atoms with Crippen molar-refractivity contribution in [2.24, 2.45) is 0 Å². The van der Waals surface area contributed by atoms with Gasteiger partial charge in [-0.05, 0) is 20.3 Å². The van der Waals surface area contributed by atoms with Gasteiger partial charge >= 0.3 is 0 Å². The van der Waals surface area contributed by atoms with Crippen LogP contribution < -0.4 is 5.32 Å². The number of carbonyl (C=O) groups is 1. The molecule has 0 radical (unpaired) electrons. The average molecular weight is 336 g/mol. The summed E-state index contributed by atoms with van der Waals surface area (Å²) in [6, 6.07) is 0. The molecule has 6 nitrogen and oxygen atoms in total. The van der Waals surface area contributed by atoms with E-state index in [2.05, 4.69) is 27.6 Å². The molecule has 1 N–H and O–H groups in total. The predicted molar refractivity (Wildman–Crippen MR) is 90.9 cm³/mol. The van der Waals surface area contributed by atoms with Gasteiger partial charge in [0.1, 0.15) is 16.3 Å². The fourth-order valence-electron chi connectivity index (χ4n) is 2.43. The lowest BCUT2D eigenvalue weighted by Crippen LogP contribution is -2.13. The summed E-state index contributed by atoms with van der Waals surface area (Å²) in [4.78, 5) is 12.2. The number of nitrogens with zero attached hydrogens (tertiary/aromatic N) is 3. The lowest BCUT2D eigenvalue weighted by atomic mass is 10.1. The number of hydrogen-bond acceptors (Lipinski definition) is 6. The molecule has 1 amide bonds. The summed E-state index contributed by atoms with van der Waals surface area (Å²) in [6.07, 6.45) is 8.44. The van der Waals surface area contributed by atoms with E-state index in [-0.39, 0.29) is 5.91 Å². The van der Waals surface area contributed by atoms with Crippen molar-refractivity contribution >= 4 is 22.4 Å². The van der Waals surface area contributed by atoms with Gasteiger partial charge in [-0.1, -0.05) is 55.5 Å². The zero-order valence-electron chi connectivity index (χ0n) is 14.0. The fraction of sp³-hybridized carbons (Fsp3) is 0.625. The monoisotopic (exact) mass is 336 g/mol. The van der Waals surface area contributed by atoms with E-state index in [9.17, 15) is 4.79 Å². The minimum absolute atomic E-state index is 0.247. The van der Waals surface area contributed by atoms with E-state index >= 15 is 0 Å². The Hall–Kier alpha value is -1.76. The number of aromatic nitrogens is 3. The maximum absolute atomic E-state index is 12.2.